The molecule has 1 fully saturated rings. The molecule has 0 radical (unpaired) electrons. The summed E-state index contributed by atoms with van der Waals surface area (Å²) >= 11 is 0. The fraction of sp³-hybridized carbons (Fsp3) is 0.929. The zero-order valence-electron chi connectivity index (χ0n) is 11.8. The largest absolute Gasteiger partial charge is 0.369 e. The van der Waals surface area contributed by atoms with E-state index in [2.05, 4.69) is 41.5 Å². The van der Waals surface area contributed by atoms with E-state index in [-0.39, 0.29) is 17.1 Å². The highest BCUT2D eigenvalue weighted by Crippen LogP contribution is 2.47. The molecule has 2 heteroatoms. The van der Waals surface area contributed by atoms with Crippen molar-refractivity contribution in [3.63, 3.8) is 0 Å². The SMILES string of the molecule is CC(=O)C(C(C)C)C1CC(C)(C)OC1(C)C. The summed E-state index contributed by atoms with van der Waals surface area (Å²) in [5.41, 5.74) is -0.291. The van der Waals surface area contributed by atoms with E-state index in [9.17, 15) is 4.79 Å². The topological polar surface area (TPSA) is 26.3 Å². The van der Waals surface area contributed by atoms with E-state index in [1.807, 2.05) is 0 Å². The first-order valence-corrected chi connectivity index (χ1v) is 6.27. The van der Waals surface area contributed by atoms with Crippen molar-refractivity contribution < 1.29 is 9.53 Å². The minimum atomic E-state index is -0.190. The van der Waals surface area contributed by atoms with E-state index in [0.717, 1.165) is 6.42 Å². The van der Waals surface area contributed by atoms with Gasteiger partial charge < -0.3 is 4.74 Å². The molecular weight excluding hydrogens is 200 g/mol. The number of carbonyl (C=O) groups excluding carboxylic acids is 1. The highest BCUT2D eigenvalue weighted by atomic mass is 16.5. The van der Waals surface area contributed by atoms with Gasteiger partial charge in [-0.1, -0.05) is 13.8 Å². The molecule has 0 spiro atoms. The molecule has 0 aromatic carbocycles. The predicted octanol–water partition coefficient (Wildman–Crippen LogP) is 3.44. The van der Waals surface area contributed by atoms with Gasteiger partial charge in [-0.3, -0.25) is 4.79 Å². The second-order valence-electron chi connectivity index (χ2n) is 6.66. The summed E-state index contributed by atoms with van der Waals surface area (Å²) in [6.45, 7) is 14.4. The van der Waals surface area contributed by atoms with Crippen LogP contribution in [0.2, 0.25) is 0 Å². The Morgan fingerprint density at radius 1 is 1.25 bits per heavy atom. The molecule has 0 aliphatic carbocycles. The summed E-state index contributed by atoms with van der Waals surface area (Å²) in [5.74, 6) is 1.14. The van der Waals surface area contributed by atoms with Crippen LogP contribution < -0.4 is 0 Å². The minimum absolute atomic E-state index is 0.100. The van der Waals surface area contributed by atoms with Gasteiger partial charge in [0.25, 0.3) is 0 Å². The van der Waals surface area contributed by atoms with E-state index in [4.69, 9.17) is 4.74 Å². The molecule has 2 nitrogen and oxygen atoms in total. The molecule has 2 unspecified atom stereocenters. The Balaban J connectivity index is 2.98. The van der Waals surface area contributed by atoms with Crippen LogP contribution in [0.15, 0.2) is 0 Å². The maximum Gasteiger partial charge on any atom is 0.133 e. The number of hydrogen-bond donors (Lipinski definition) is 0. The highest BCUT2D eigenvalue weighted by molar-refractivity contribution is 5.79. The molecule has 1 aliphatic rings. The smallest absolute Gasteiger partial charge is 0.133 e. The van der Waals surface area contributed by atoms with Crippen LogP contribution in [0.25, 0.3) is 0 Å². The lowest BCUT2D eigenvalue weighted by Gasteiger charge is -2.33. The summed E-state index contributed by atoms with van der Waals surface area (Å²) in [7, 11) is 0. The van der Waals surface area contributed by atoms with Gasteiger partial charge in [0.2, 0.25) is 0 Å². The molecule has 1 aliphatic heterocycles. The average molecular weight is 226 g/mol. The quantitative estimate of drug-likeness (QED) is 0.737. The molecule has 0 aromatic heterocycles. The van der Waals surface area contributed by atoms with Gasteiger partial charge in [0, 0.05) is 11.8 Å². The van der Waals surface area contributed by atoms with Crippen molar-refractivity contribution in [3.05, 3.63) is 0 Å². The molecule has 0 saturated carbocycles. The number of hydrogen-bond acceptors (Lipinski definition) is 2. The van der Waals surface area contributed by atoms with Gasteiger partial charge in [-0.15, -0.1) is 0 Å². The molecule has 94 valence electrons. The van der Waals surface area contributed by atoms with Crippen LogP contribution in [0.4, 0.5) is 0 Å². The number of ether oxygens (including phenoxy) is 1. The molecule has 0 aromatic rings. The number of rotatable bonds is 3. The molecule has 1 saturated heterocycles. The first-order valence-electron chi connectivity index (χ1n) is 6.27. The number of carbonyl (C=O) groups is 1. The maximum atomic E-state index is 11.8. The second-order valence-corrected chi connectivity index (χ2v) is 6.66. The van der Waals surface area contributed by atoms with Crippen LogP contribution in [0.3, 0.4) is 0 Å². The van der Waals surface area contributed by atoms with E-state index in [0.29, 0.717) is 17.6 Å². The number of ketones is 1. The van der Waals surface area contributed by atoms with Gasteiger partial charge in [-0.05, 0) is 47.0 Å². The Bertz CT molecular complexity index is 276. The first-order chi connectivity index (χ1) is 7.07. The summed E-state index contributed by atoms with van der Waals surface area (Å²) < 4.78 is 6.08. The van der Waals surface area contributed by atoms with Crippen LogP contribution in [0, 0.1) is 17.8 Å². The van der Waals surface area contributed by atoms with Gasteiger partial charge >= 0.3 is 0 Å². The zero-order chi connectivity index (χ0) is 12.7. The molecule has 0 N–H and O–H groups in total. The lowest BCUT2D eigenvalue weighted by molar-refractivity contribution is -0.128. The van der Waals surface area contributed by atoms with E-state index in [1.54, 1.807) is 6.92 Å². The fourth-order valence-electron chi connectivity index (χ4n) is 3.38. The second kappa shape index (κ2) is 4.14. The molecular formula is C14H26O2. The Morgan fingerprint density at radius 3 is 2.00 bits per heavy atom. The third-order valence-corrected chi connectivity index (χ3v) is 3.76. The monoisotopic (exact) mass is 226 g/mol. The minimum Gasteiger partial charge on any atom is -0.369 e. The standard InChI is InChI=1S/C14H26O2/c1-9(2)12(10(3)15)11-8-13(4,5)16-14(11,6)7/h9,11-12H,8H2,1-7H3. The van der Waals surface area contributed by atoms with Crippen molar-refractivity contribution in [3.8, 4) is 0 Å². The van der Waals surface area contributed by atoms with Gasteiger partial charge in [-0.25, -0.2) is 0 Å². The van der Waals surface area contributed by atoms with Crippen molar-refractivity contribution in [1.82, 2.24) is 0 Å². The predicted molar refractivity (Wildman–Crippen MR) is 66.4 cm³/mol. The van der Waals surface area contributed by atoms with Crippen molar-refractivity contribution >= 4 is 5.78 Å². The van der Waals surface area contributed by atoms with Gasteiger partial charge in [-0.2, -0.15) is 0 Å². The third-order valence-electron chi connectivity index (χ3n) is 3.76. The van der Waals surface area contributed by atoms with E-state index >= 15 is 0 Å². The lowest BCUT2D eigenvalue weighted by Crippen LogP contribution is -2.38. The van der Waals surface area contributed by atoms with Crippen molar-refractivity contribution in [2.45, 2.75) is 66.1 Å². The zero-order valence-corrected chi connectivity index (χ0v) is 11.8. The summed E-state index contributed by atoms with van der Waals surface area (Å²) in [6, 6.07) is 0. The fourth-order valence-corrected chi connectivity index (χ4v) is 3.38. The van der Waals surface area contributed by atoms with Crippen LogP contribution >= 0.6 is 0 Å². The average Bonchev–Trinajstić information content (AvgIpc) is 2.17. The Kier molecular flexibility index (Phi) is 3.54. The van der Waals surface area contributed by atoms with Crippen molar-refractivity contribution in [2.24, 2.45) is 17.8 Å². The van der Waals surface area contributed by atoms with Crippen LogP contribution in [-0.4, -0.2) is 17.0 Å². The van der Waals surface area contributed by atoms with Crippen LogP contribution in [-0.2, 0) is 9.53 Å². The number of Topliss-reactive ketones (excluding diaryl/α,β-unsaturated/α-hetero) is 1. The molecule has 1 heterocycles. The van der Waals surface area contributed by atoms with Gasteiger partial charge in [0.15, 0.2) is 0 Å². The Hall–Kier alpha value is -0.370. The highest BCUT2D eigenvalue weighted by Gasteiger charge is 2.50. The molecule has 16 heavy (non-hydrogen) atoms. The maximum absolute atomic E-state index is 11.8. The molecule has 0 amide bonds. The Morgan fingerprint density at radius 2 is 1.75 bits per heavy atom. The third kappa shape index (κ3) is 2.65. The summed E-state index contributed by atoms with van der Waals surface area (Å²) in [5, 5.41) is 0. The Labute approximate surface area is 99.8 Å². The normalized spacial score (nSPS) is 29.4. The summed E-state index contributed by atoms with van der Waals surface area (Å²) in [6.07, 6.45) is 0.975. The molecule has 1 rings (SSSR count). The van der Waals surface area contributed by atoms with Crippen molar-refractivity contribution in [1.29, 1.82) is 0 Å². The molecule has 0 bridgehead atoms. The van der Waals surface area contributed by atoms with Crippen molar-refractivity contribution in [2.75, 3.05) is 0 Å². The van der Waals surface area contributed by atoms with Crippen LogP contribution in [0.1, 0.15) is 54.9 Å². The first kappa shape index (κ1) is 13.7. The van der Waals surface area contributed by atoms with E-state index < -0.39 is 0 Å². The van der Waals surface area contributed by atoms with Gasteiger partial charge in [0.05, 0.1) is 11.2 Å². The van der Waals surface area contributed by atoms with Gasteiger partial charge in [0.1, 0.15) is 5.78 Å². The summed E-state index contributed by atoms with van der Waals surface area (Å²) in [4.78, 5) is 11.8. The lowest BCUT2D eigenvalue weighted by atomic mass is 9.71. The van der Waals surface area contributed by atoms with Crippen LogP contribution in [0.5, 0.6) is 0 Å². The van der Waals surface area contributed by atoms with E-state index in [1.165, 1.54) is 0 Å². The molecule has 2 atom stereocenters.